The van der Waals surface area contributed by atoms with Crippen LogP contribution in [0.4, 0.5) is 4.39 Å². The lowest BCUT2D eigenvalue weighted by Gasteiger charge is -2.17. The monoisotopic (exact) mass is 388 g/mol. The molecule has 6 nitrogen and oxygen atoms in total. The minimum absolute atomic E-state index is 0.333. The average molecular weight is 389 g/mol. The van der Waals surface area contributed by atoms with Crippen LogP contribution in [-0.2, 0) is 11.3 Å². The number of hydrogen-bond acceptors (Lipinski definition) is 4. The molecule has 2 heterocycles. The smallest absolute Gasteiger partial charge is 0.128 e. The molecule has 3 aromatic rings. The van der Waals surface area contributed by atoms with Crippen LogP contribution in [0, 0.1) is 5.82 Å². The number of hydrogen-bond donors (Lipinski definition) is 0. The summed E-state index contributed by atoms with van der Waals surface area (Å²) in [4.78, 5) is 0. The predicted molar refractivity (Wildman–Crippen MR) is 105 cm³/mol. The SMILES string of the molecule is COc1ccc(F)cc1-c1c(-n2cccn2)cnn1CCOC[Si](C)(C)C. The minimum Gasteiger partial charge on any atom is -0.496 e. The van der Waals surface area contributed by atoms with Crippen LogP contribution >= 0.6 is 0 Å². The molecule has 0 aliphatic heterocycles. The molecule has 0 unspecified atom stereocenters. The second kappa shape index (κ2) is 8.06. The van der Waals surface area contributed by atoms with E-state index in [1.807, 2.05) is 16.9 Å². The van der Waals surface area contributed by atoms with E-state index < -0.39 is 8.07 Å². The largest absolute Gasteiger partial charge is 0.496 e. The Hall–Kier alpha value is -2.45. The summed E-state index contributed by atoms with van der Waals surface area (Å²) in [7, 11) is 0.302. The van der Waals surface area contributed by atoms with Crippen molar-refractivity contribution in [2.24, 2.45) is 0 Å². The van der Waals surface area contributed by atoms with E-state index in [4.69, 9.17) is 9.47 Å². The van der Waals surface area contributed by atoms with E-state index in [1.54, 1.807) is 30.3 Å². The summed E-state index contributed by atoms with van der Waals surface area (Å²) in [6.07, 6.45) is 6.05. The highest BCUT2D eigenvalue weighted by Gasteiger charge is 2.20. The van der Waals surface area contributed by atoms with Gasteiger partial charge in [0.15, 0.2) is 0 Å². The van der Waals surface area contributed by atoms with Crippen molar-refractivity contribution in [3.63, 3.8) is 0 Å². The Morgan fingerprint density at radius 2 is 2.00 bits per heavy atom. The van der Waals surface area contributed by atoms with Gasteiger partial charge in [0.05, 0.1) is 40.2 Å². The zero-order valence-electron chi connectivity index (χ0n) is 16.1. The van der Waals surface area contributed by atoms with Crippen molar-refractivity contribution in [2.45, 2.75) is 26.2 Å². The molecule has 0 aliphatic rings. The maximum Gasteiger partial charge on any atom is 0.128 e. The third kappa shape index (κ3) is 4.64. The molecule has 0 aliphatic carbocycles. The van der Waals surface area contributed by atoms with E-state index in [2.05, 4.69) is 29.8 Å². The van der Waals surface area contributed by atoms with E-state index in [-0.39, 0.29) is 5.82 Å². The average Bonchev–Trinajstić information content (AvgIpc) is 3.27. The van der Waals surface area contributed by atoms with Crippen LogP contribution in [0.3, 0.4) is 0 Å². The third-order valence-corrected chi connectivity index (χ3v) is 5.04. The summed E-state index contributed by atoms with van der Waals surface area (Å²) in [5, 5.41) is 8.79. The quantitative estimate of drug-likeness (QED) is 0.435. The zero-order valence-corrected chi connectivity index (χ0v) is 17.1. The molecule has 0 amide bonds. The van der Waals surface area contributed by atoms with Gasteiger partial charge < -0.3 is 9.47 Å². The van der Waals surface area contributed by atoms with Gasteiger partial charge in [0, 0.05) is 24.2 Å². The number of aromatic nitrogens is 4. The summed E-state index contributed by atoms with van der Waals surface area (Å²) >= 11 is 0. The van der Waals surface area contributed by atoms with Crippen molar-refractivity contribution in [1.82, 2.24) is 19.6 Å². The van der Waals surface area contributed by atoms with Crippen LogP contribution in [0.15, 0.2) is 42.9 Å². The Kier molecular flexibility index (Phi) is 5.76. The topological polar surface area (TPSA) is 54.1 Å². The fraction of sp³-hybridized carbons (Fsp3) is 0.368. The standard InChI is InChI=1S/C19H25FN4O2Si/c1-25-18-7-6-15(20)12-16(18)19-17(23-9-5-8-21-23)13-22-24(19)10-11-26-14-27(2,3)4/h5-9,12-13H,10-11,14H2,1-4H3. The highest BCUT2D eigenvalue weighted by molar-refractivity contribution is 6.76. The third-order valence-electron chi connectivity index (χ3n) is 3.97. The molecule has 0 bridgehead atoms. The lowest BCUT2D eigenvalue weighted by Crippen LogP contribution is -2.29. The molecule has 3 rings (SSSR count). The maximum atomic E-state index is 14.0. The van der Waals surface area contributed by atoms with E-state index in [0.29, 0.717) is 24.5 Å². The van der Waals surface area contributed by atoms with Crippen molar-refractivity contribution >= 4 is 8.07 Å². The van der Waals surface area contributed by atoms with Crippen molar-refractivity contribution in [3.05, 3.63) is 48.7 Å². The minimum atomic E-state index is -1.27. The summed E-state index contributed by atoms with van der Waals surface area (Å²) in [6.45, 7) is 7.88. The van der Waals surface area contributed by atoms with Crippen LogP contribution in [0.1, 0.15) is 0 Å². The fourth-order valence-corrected chi connectivity index (χ4v) is 3.55. The van der Waals surface area contributed by atoms with Gasteiger partial charge in [-0.2, -0.15) is 10.2 Å². The first-order valence-electron chi connectivity index (χ1n) is 8.86. The predicted octanol–water partition coefficient (Wildman–Crippen LogP) is 3.78. The summed E-state index contributed by atoms with van der Waals surface area (Å²) in [5.41, 5.74) is 2.13. The molecule has 8 heteroatoms. The molecular formula is C19H25FN4O2Si. The number of methoxy groups -OCH3 is 1. The first-order chi connectivity index (χ1) is 12.9. The second-order valence-electron chi connectivity index (χ2n) is 7.51. The summed E-state index contributed by atoms with van der Waals surface area (Å²) in [5.74, 6) is 0.245. The fourth-order valence-electron chi connectivity index (χ4n) is 2.80. The molecular weight excluding hydrogens is 363 g/mol. The Labute approximate surface area is 159 Å². The van der Waals surface area contributed by atoms with Crippen molar-refractivity contribution in [2.75, 3.05) is 19.9 Å². The highest BCUT2D eigenvalue weighted by atomic mass is 28.3. The van der Waals surface area contributed by atoms with Crippen LogP contribution in [-0.4, -0.2) is 47.6 Å². The molecule has 0 N–H and O–H groups in total. The van der Waals surface area contributed by atoms with Gasteiger partial charge >= 0.3 is 0 Å². The number of ether oxygens (including phenoxy) is 2. The van der Waals surface area contributed by atoms with Gasteiger partial charge in [-0.25, -0.2) is 9.07 Å². The molecule has 1 aromatic carbocycles. The Morgan fingerprint density at radius 1 is 1.19 bits per heavy atom. The van der Waals surface area contributed by atoms with Crippen LogP contribution in [0.5, 0.6) is 5.75 Å². The van der Waals surface area contributed by atoms with Crippen molar-refractivity contribution < 1.29 is 13.9 Å². The first-order valence-corrected chi connectivity index (χ1v) is 12.6. The van der Waals surface area contributed by atoms with Gasteiger partial charge in [-0.15, -0.1) is 0 Å². The number of halogens is 1. The summed E-state index contributed by atoms with van der Waals surface area (Å²) < 4.78 is 28.8. The molecule has 0 saturated heterocycles. The van der Waals surface area contributed by atoms with Crippen LogP contribution in [0.2, 0.25) is 19.6 Å². The van der Waals surface area contributed by atoms with Crippen LogP contribution in [0.25, 0.3) is 16.9 Å². The second-order valence-corrected chi connectivity index (χ2v) is 12.9. The number of rotatable bonds is 8. The molecule has 27 heavy (non-hydrogen) atoms. The summed E-state index contributed by atoms with van der Waals surface area (Å²) in [6, 6.07) is 6.30. The van der Waals surface area contributed by atoms with Gasteiger partial charge in [0.1, 0.15) is 17.3 Å². The van der Waals surface area contributed by atoms with E-state index in [0.717, 1.165) is 17.6 Å². The number of benzene rings is 1. The highest BCUT2D eigenvalue weighted by Crippen LogP contribution is 2.34. The molecule has 0 saturated carbocycles. The van der Waals surface area contributed by atoms with Gasteiger partial charge in [0.2, 0.25) is 0 Å². The van der Waals surface area contributed by atoms with Crippen molar-refractivity contribution in [3.8, 4) is 22.7 Å². The lowest BCUT2D eigenvalue weighted by atomic mass is 10.1. The number of nitrogens with zero attached hydrogens (tertiary/aromatic N) is 4. The molecule has 144 valence electrons. The Bertz CT molecular complexity index is 888. The first kappa shape index (κ1) is 19.3. The molecule has 0 radical (unpaired) electrons. The normalized spacial score (nSPS) is 11.7. The van der Waals surface area contributed by atoms with Crippen LogP contribution < -0.4 is 4.74 Å². The molecule has 0 spiro atoms. The van der Waals surface area contributed by atoms with E-state index in [1.165, 1.54) is 12.1 Å². The van der Waals surface area contributed by atoms with Gasteiger partial charge in [-0.1, -0.05) is 19.6 Å². The lowest BCUT2D eigenvalue weighted by molar-refractivity contribution is 0.160. The Morgan fingerprint density at radius 3 is 2.67 bits per heavy atom. The van der Waals surface area contributed by atoms with Gasteiger partial charge in [0.25, 0.3) is 0 Å². The van der Waals surface area contributed by atoms with Crippen molar-refractivity contribution in [1.29, 1.82) is 0 Å². The molecule has 2 aromatic heterocycles. The van der Waals surface area contributed by atoms with E-state index in [9.17, 15) is 4.39 Å². The Balaban J connectivity index is 1.97. The maximum absolute atomic E-state index is 14.0. The van der Waals surface area contributed by atoms with Gasteiger partial charge in [-0.3, -0.25) is 4.68 Å². The van der Waals surface area contributed by atoms with Gasteiger partial charge in [-0.05, 0) is 24.3 Å². The van der Waals surface area contributed by atoms with E-state index >= 15 is 0 Å². The molecule has 0 atom stereocenters. The zero-order chi connectivity index (χ0) is 19.4. The molecule has 0 fully saturated rings.